The van der Waals surface area contributed by atoms with Gasteiger partial charge < -0.3 is 10.5 Å². The molecule has 1 aromatic rings. The number of nitrogens with zero attached hydrogens (tertiary/aromatic N) is 2. The Morgan fingerprint density at radius 3 is 2.50 bits per heavy atom. The molecule has 0 unspecified atom stereocenters. The van der Waals surface area contributed by atoms with Crippen molar-refractivity contribution in [2.45, 2.75) is 38.6 Å². The highest BCUT2D eigenvalue weighted by molar-refractivity contribution is 5.93. The number of rotatable bonds is 4. The summed E-state index contributed by atoms with van der Waals surface area (Å²) in [4.78, 5) is 14.5. The van der Waals surface area contributed by atoms with Gasteiger partial charge in [-0.05, 0) is 39.8 Å². The molecule has 2 heterocycles. The van der Waals surface area contributed by atoms with Crippen LogP contribution >= 0.6 is 0 Å². The standard InChI is InChI=1S/C15H23N3O2/c1-15(2,17-8-4-3-5-9-17)12-16-14(19)13-6-10-18(20)11-7-13/h6-7,10-11H,3-5,8-9,12H2,1-2H3,(H,16,19). The van der Waals surface area contributed by atoms with Gasteiger partial charge in [-0.2, -0.15) is 4.73 Å². The van der Waals surface area contributed by atoms with E-state index in [4.69, 9.17) is 0 Å². The quantitative estimate of drug-likeness (QED) is 0.667. The van der Waals surface area contributed by atoms with Crippen LogP contribution in [-0.2, 0) is 0 Å². The van der Waals surface area contributed by atoms with Crippen molar-refractivity contribution in [1.82, 2.24) is 10.2 Å². The summed E-state index contributed by atoms with van der Waals surface area (Å²) in [6.07, 6.45) is 6.45. The number of carbonyl (C=O) groups is 1. The summed E-state index contributed by atoms with van der Waals surface area (Å²) >= 11 is 0. The lowest BCUT2D eigenvalue weighted by molar-refractivity contribution is -0.605. The Morgan fingerprint density at radius 1 is 1.30 bits per heavy atom. The van der Waals surface area contributed by atoms with E-state index in [9.17, 15) is 10.0 Å². The van der Waals surface area contributed by atoms with Gasteiger partial charge in [-0.25, -0.2) is 0 Å². The SMILES string of the molecule is CC(C)(CNC(=O)c1cc[n+]([O-])cc1)N1CCCCC1. The predicted octanol–water partition coefficient (Wildman–Crippen LogP) is 1.31. The number of piperidine rings is 1. The van der Waals surface area contributed by atoms with Crippen LogP contribution in [0.15, 0.2) is 24.5 Å². The average Bonchev–Trinajstić information content (AvgIpc) is 2.46. The van der Waals surface area contributed by atoms with Crippen LogP contribution in [0, 0.1) is 5.21 Å². The summed E-state index contributed by atoms with van der Waals surface area (Å²) in [6.45, 7) is 7.14. The molecular weight excluding hydrogens is 254 g/mol. The molecule has 1 fully saturated rings. The van der Waals surface area contributed by atoms with Crippen LogP contribution in [0.2, 0.25) is 0 Å². The Labute approximate surface area is 120 Å². The Kier molecular flexibility index (Phi) is 4.60. The highest BCUT2D eigenvalue weighted by Crippen LogP contribution is 2.19. The molecule has 0 spiro atoms. The van der Waals surface area contributed by atoms with Gasteiger partial charge in [0.1, 0.15) is 0 Å². The second-order valence-electron chi connectivity index (χ2n) is 5.99. The molecule has 110 valence electrons. The monoisotopic (exact) mass is 277 g/mol. The van der Waals surface area contributed by atoms with Gasteiger partial charge in [0.05, 0.1) is 5.56 Å². The summed E-state index contributed by atoms with van der Waals surface area (Å²) < 4.78 is 0.675. The Balaban J connectivity index is 1.90. The van der Waals surface area contributed by atoms with Crippen molar-refractivity contribution in [1.29, 1.82) is 0 Å². The molecule has 0 saturated carbocycles. The van der Waals surface area contributed by atoms with E-state index in [1.807, 2.05) is 0 Å². The van der Waals surface area contributed by atoms with Crippen molar-refractivity contribution in [2.24, 2.45) is 0 Å². The van der Waals surface area contributed by atoms with E-state index < -0.39 is 0 Å². The third-order valence-electron chi connectivity index (χ3n) is 3.96. The third kappa shape index (κ3) is 3.70. The van der Waals surface area contributed by atoms with Gasteiger partial charge in [-0.1, -0.05) is 6.42 Å². The zero-order valence-electron chi connectivity index (χ0n) is 12.3. The summed E-state index contributed by atoms with van der Waals surface area (Å²) in [5, 5.41) is 13.9. The molecule has 1 aliphatic heterocycles. The summed E-state index contributed by atoms with van der Waals surface area (Å²) in [6, 6.07) is 3.08. The first-order valence-corrected chi connectivity index (χ1v) is 7.21. The number of pyridine rings is 1. The minimum atomic E-state index is -0.129. The predicted molar refractivity (Wildman–Crippen MR) is 77.2 cm³/mol. The molecule has 1 amide bonds. The summed E-state index contributed by atoms with van der Waals surface area (Å²) in [5.41, 5.74) is 0.482. The molecule has 0 atom stereocenters. The van der Waals surface area contributed by atoms with Crippen LogP contribution in [0.4, 0.5) is 0 Å². The van der Waals surface area contributed by atoms with E-state index in [1.54, 1.807) is 0 Å². The Hall–Kier alpha value is -1.62. The van der Waals surface area contributed by atoms with E-state index >= 15 is 0 Å². The van der Waals surface area contributed by atoms with Crippen molar-refractivity contribution in [3.63, 3.8) is 0 Å². The second kappa shape index (κ2) is 6.22. The van der Waals surface area contributed by atoms with Gasteiger partial charge >= 0.3 is 0 Å². The molecule has 2 rings (SSSR count). The van der Waals surface area contributed by atoms with Gasteiger partial charge in [0.15, 0.2) is 12.4 Å². The fraction of sp³-hybridized carbons (Fsp3) is 0.600. The fourth-order valence-electron chi connectivity index (χ4n) is 2.57. The average molecular weight is 277 g/mol. The molecule has 0 aliphatic carbocycles. The van der Waals surface area contributed by atoms with E-state index in [2.05, 4.69) is 24.1 Å². The first kappa shape index (κ1) is 14.8. The van der Waals surface area contributed by atoms with Crippen molar-refractivity contribution in [3.8, 4) is 0 Å². The molecule has 5 nitrogen and oxygen atoms in total. The van der Waals surface area contributed by atoms with Crippen LogP contribution in [0.1, 0.15) is 43.5 Å². The van der Waals surface area contributed by atoms with E-state index in [-0.39, 0.29) is 11.4 Å². The largest absolute Gasteiger partial charge is 0.619 e. The minimum Gasteiger partial charge on any atom is -0.619 e. The smallest absolute Gasteiger partial charge is 0.251 e. The number of hydrogen-bond acceptors (Lipinski definition) is 3. The molecule has 1 aliphatic rings. The number of carbonyl (C=O) groups excluding carboxylic acids is 1. The third-order valence-corrected chi connectivity index (χ3v) is 3.96. The number of amides is 1. The lowest BCUT2D eigenvalue weighted by Crippen LogP contribution is -2.53. The molecule has 1 saturated heterocycles. The van der Waals surface area contributed by atoms with Crippen LogP contribution in [0.25, 0.3) is 0 Å². The Bertz CT molecular complexity index is 451. The topological polar surface area (TPSA) is 59.3 Å². The number of aromatic nitrogens is 1. The zero-order valence-corrected chi connectivity index (χ0v) is 12.3. The van der Waals surface area contributed by atoms with Crippen LogP contribution in [0.3, 0.4) is 0 Å². The lowest BCUT2D eigenvalue weighted by atomic mass is 9.98. The van der Waals surface area contributed by atoms with Crippen molar-refractivity contribution < 1.29 is 9.52 Å². The van der Waals surface area contributed by atoms with Crippen LogP contribution < -0.4 is 10.0 Å². The fourth-order valence-corrected chi connectivity index (χ4v) is 2.57. The van der Waals surface area contributed by atoms with Crippen molar-refractivity contribution >= 4 is 5.91 Å². The first-order chi connectivity index (χ1) is 9.49. The van der Waals surface area contributed by atoms with Gasteiger partial charge in [0, 0.05) is 24.2 Å². The first-order valence-electron chi connectivity index (χ1n) is 7.21. The molecule has 0 aromatic carbocycles. The van der Waals surface area contributed by atoms with E-state index in [0.717, 1.165) is 13.1 Å². The second-order valence-corrected chi connectivity index (χ2v) is 5.99. The van der Waals surface area contributed by atoms with E-state index in [1.165, 1.54) is 43.8 Å². The molecule has 0 radical (unpaired) electrons. The van der Waals surface area contributed by atoms with Gasteiger partial charge in [0.25, 0.3) is 5.91 Å². The maximum atomic E-state index is 12.0. The molecule has 1 N–H and O–H groups in total. The lowest BCUT2D eigenvalue weighted by Gasteiger charge is -2.41. The van der Waals surface area contributed by atoms with Crippen molar-refractivity contribution in [2.75, 3.05) is 19.6 Å². The maximum Gasteiger partial charge on any atom is 0.251 e. The van der Waals surface area contributed by atoms with Crippen molar-refractivity contribution in [3.05, 3.63) is 35.3 Å². The highest BCUT2D eigenvalue weighted by atomic mass is 16.5. The van der Waals surface area contributed by atoms with Crippen LogP contribution in [-0.4, -0.2) is 36.0 Å². The molecule has 20 heavy (non-hydrogen) atoms. The number of nitrogens with one attached hydrogen (secondary N) is 1. The molecule has 1 aromatic heterocycles. The summed E-state index contributed by atoms with van der Waals surface area (Å²) in [5.74, 6) is -0.129. The number of likely N-dealkylation sites (tertiary alicyclic amines) is 1. The highest BCUT2D eigenvalue weighted by Gasteiger charge is 2.28. The van der Waals surface area contributed by atoms with Crippen LogP contribution in [0.5, 0.6) is 0 Å². The van der Waals surface area contributed by atoms with E-state index in [0.29, 0.717) is 16.8 Å². The molecule has 5 heteroatoms. The molecule has 0 bridgehead atoms. The van der Waals surface area contributed by atoms with Gasteiger partial charge in [0.2, 0.25) is 0 Å². The minimum absolute atomic E-state index is 0.0384. The summed E-state index contributed by atoms with van der Waals surface area (Å²) in [7, 11) is 0. The molecular formula is C15H23N3O2. The normalized spacial score (nSPS) is 16.9. The van der Waals surface area contributed by atoms with Gasteiger partial charge in [-0.3, -0.25) is 9.69 Å². The maximum absolute atomic E-state index is 12.0. The zero-order chi connectivity index (χ0) is 14.6. The van der Waals surface area contributed by atoms with Gasteiger partial charge in [-0.15, -0.1) is 0 Å². The Morgan fingerprint density at radius 2 is 1.90 bits per heavy atom. The number of hydrogen-bond donors (Lipinski definition) is 1.